The van der Waals surface area contributed by atoms with Crippen molar-refractivity contribution in [2.45, 2.75) is 59.9 Å². The fraction of sp³-hybridized carbons (Fsp3) is 1.00. The highest BCUT2D eigenvalue weighted by molar-refractivity contribution is 4.89. The second-order valence-electron chi connectivity index (χ2n) is 3.02. The van der Waals surface area contributed by atoms with Crippen LogP contribution in [0.1, 0.15) is 48.0 Å². The van der Waals surface area contributed by atoms with Crippen molar-refractivity contribution < 1.29 is 8.78 Å². The monoisotopic (exact) mass is 209 g/mol. The lowest BCUT2D eigenvalue weighted by atomic mass is 10.1. The van der Waals surface area contributed by atoms with Crippen LogP contribution in [0.25, 0.3) is 0 Å². The average Bonchev–Trinajstić information content (AvgIpc) is 2.19. The molecule has 1 unspecified atom stereocenters. The zero-order valence-corrected chi connectivity index (χ0v) is 10.4. The lowest BCUT2D eigenvalue weighted by Crippen LogP contribution is -2.59. The molecule has 0 N–H and O–H groups in total. The Morgan fingerprint density at radius 1 is 1.14 bits per heavy atom. The van der Waals surface area contributed by atoms with Gasteiger partial charge in [0.1, 0.15) is 0 Å². The van der Waals surface area contributed by atoms with Crippen LogP contribution < -0.4 is 0 Å². The molecule has 0 aromatic carbocycles. The summed E-state index contributed by atoms with van der Waals surface area (Å²) in [7, 11) is 0. The standard InChI is InChI=1S/C7H13F2N.2C2H6/c1-3-6(2)10-4-7(8,9)5-10;2*1-2/h6H,3-5H2,1-2H3;2*1-2H3. The lowest BCUT2D eigenvalue weighted by molar-refractivity contribution is -0.143. The first-order chi connectivity index (χ1) is 6.55. The molecule has 0 aromatic rings. The van der Waals surface area contributed by atoms with Gasteiger partial charge in [0.25, 0.3) is 5.92 Å². The van der Waals surface area contributed by atoms with Gasteiger partial charge in [-0.25, -0.2) is 8.78 Å². The van der Waals surface area contributed by atoms with Crippen LogP contribution in [0.4, 0.5) is 8.78 Å². The molecule has 1 nitrogen and oxygen atoms in total. The molecule has 1 rings (SSSR count). The third kappa shape index (κ3) is 5.53. The summed E-state index contributed by atoms with van der Waals surface area (Å²) >= 11 is 0. The molecule has 14 heavy (non-hydrogen) atoms. The SMILES string of the molecule is CC.CC.CCC(C)N1CC(F)(F)C1. The van der Waals surface area contributed by atoms with Crippen LogP contribution in [0.3, 0.4) is 0 Å². The topological polar surface area (TPSA) is 3.24 Å². The Hall–Kier alpha value is -0.180. The molecule has 0 bridgehead atoms. The quantitative estimate of drug-likeness (QED) is 0.669. The predicted octanol–water partition coefficient (Wildman–Crippen LogP) is 3.79. The number of hydrogen-bond acceptors (Lipinski definition) is 1. The fourth-order valence-corrected chi connectivity index (χ4v) is 1.12. The van der Waals surface area contributed by atoms with E-state index in [1.54, 1.807) is 4.90 Å². The largest absolute Gasteiger partial charge is 0.289 e. The minimum atomic E-state index is -2.40. The summed E-state index contributed by atoms with van der Waals surface area (Å²) in [4.78, 5) is 1.81. The van der Waals surface area contributed by atoms with Crippen LogP contribution in [-0.2, 0) is 0 Å². The number of halogens is 2. The van der Waals surface area contributed by atoms with Gasteiger partial charge in [-0.1, -0.05) is 34.6 Å². The molecule has 88 valence electrons. The van der Waals surface area contributed by atoms with Crippen molar-refractivity contribution in [2.24, 2.45) is 0 Å². The van der Waals surface area contributed by atoms with Crippen LogP contribution in [0.2, 0.25) is 0 Å². The second kappa shape index (κ2) is 8.16. The molecular formula is C11H25F2N. The molecule has 0 radical (unpaired) electrons. The smallest absolute Gasteiger partial charge is 0.272 e. The van der Waals surface area contributed by atoms with Gasteiger partial charge in [-0.05, 0) is 13.3 Å². The summed E-state index contributed by atoms with van der Waals surface area (Å²) in [5.74, 6) is -2.40. The predicted molar refractivity (Wildman–Crippen MR) is 59.0 cm³/mol. The molecule has 1 aliphatic rings. The lowest BCUT2D eigenvalue weighted by Gasteiger charge is -2.42. The molecule has 0 spiro atoms. The number of alkyl halides is 2. The molecule has 0 aromatic heterocycles. The van der Waals surface area contributed by atoms with Crippen molar-refractivity contribution in [2.75, 3.05) is 13.1 Å². The maximum Gasteiger partial charge on any atom is 0.272 e. The molecule has 1 heterocycles. The number of hydrogen-bond donors (Lipinski definition) is 0. The molecule has 0 saturated carbocycles. The van der Waals surface area contributed by atoms with E-state index < -0.39 is 5.92 Å². The number of nitrogens with zero attached hydrogens (tertiary/aromatic N) is 1. The van der Waals surface area contributed by atoms with Crippen LogP contribution in [0.5, 0.6) is 0 Å². The maximum absolute atomic E-state index is 12.2. The molecule has 1 aliphatic heterocycles. The minimum absolute atomic E-state index is 0.0397. The zero-order valence-electron chi connectivity index (χ0n) is 10.4. The van der Waals surface area contributed by atoms with Crippen molar-refractivity contribution in [3.63, 3.8) is 0 Å². The Morgan fingerprint density at radius 3 is 1.71 bits per heavy atom. The van der Waals surface area contributed by atoms with E-state index in [2.05, 4.69) is 0 Å². The van der Waals surface area contributed by atoms with Crippen molar-refractivity contribution >= 4 is 0 Å². The molecule has 1 saturated heterocycles. The van der Waals surface area contributed by atoms with E-state index in [4.69, 9.17) is 0 Å². The van der Waals surface area contributed by atoms with E-state index in [1.807, 2.05) is 41.5 Å². The normalized spacial score (nSPS) is 20.6. The van der Waals surface area contributed by atoms with E-state index in [0.717, 1.165) is 6.42 Å². The van der Waals surface area contributed by atoms with Gasteiger partial charge in [0.05, 0.1) is 13.1 Å². The van der Waals surface area contributed by atoms with E-state index >= 15 is 0 Å². The number of rotatable bonds is 2. The number of likely N-dealkylation sites (tertiary alicyclic amines) is 1. The Bertz CT molecular complexity index is 118. The highest BCUT2D eigenvalue weighted by Gasteiger charge is 2.44. The Kier molecular flexibility index (Phi) is 9.47. The van der Waals surface area contributed by atoms with Crippen LogP contribution >= 0.6 is 0 Å². The Balaban J connectivity index is 0. The zero-order chi connectivity index (χ0) is 11.8. The second-order valence-corrected chi connectivity index (χ2v) is 3.02. The third-order valence-corrected chi connectivity index (χ3v) is 2.08. The first kappa shape index (κ1) is 16.3. The summed E-state index contributed by atoms with van der Waals surface area (Å²) in [6.07, 6.45) is 0.954. The van der Waals surface area contributed by atoms with Gasteiger partial charge in [0, 0.05) is 6.04 Å². The molecular weight excluding hydrogens is 184 g/mol. The molecule has 0 aliphatic carbocycles. The van der Waals surface area contributed by atoms with Crippen LogP contribution in [0.15, 0.2) is 0 Å². The van der Waals surface area contributed by atoms with Gasteiger partial charge in [-0.3, -0.25) is 4.90 Å². The Morgan fingerprint density at radius 2 is 1.50 bits per heavy atom. The maximum atomic E-state index is 12.2. The minimum Gasteiger partial charge on any atom is -0.289 e. The summed E-state index contributed by atoms with van der Waals surface area (Å²) in [5.41, 5.74) is 0. The van der Waals surface area contributed by atoms with Crippen LogP contribution in [-0.4, -0.2) is 30.0 Å². The van der Waals surface area contributed by atoms with Crippen molar-refractivity contribution in [3.05, 3.63) is 0 Å². The van der Waals surface area contributed by atoms with Crippen molar-refractivity contribution in [1.82, 2.24) is 4.90 Å². The van der Waals surface area contributed by atoms with E-state index in [0.29, 0.717) is 6.04 Å². The summed E-state index contributed by atoms with van der Waals surface area (Å²) in [6.45, 7) is 11.9. The Labute approximate surface area is 87.5 Å². The molecule has 1 fully saturated rings. The third-order valence-electron chi connectivity index (χ3n) is 2.08. The summed E-state index contributed by atoms with van der Waals surface area (Å²) in [6, 6.07) is 0.319. The van der Waals surface area contributed by atoms with Crippen molar-refractivity contribution in [1.29, 1.82) is 0 Å². The van der Waals surface area contributed by atoms with Gasteiger partial charge >= 0.3 is 0 Å². The van der Waals surface area contributed by atoms with Crippen molar-refractivity contribution in [3.8, 4) is 0 Å². The van der Waals surface area contributed by atoms with Gasteiger partial charge in [0.2, 0.25) is 0 Å². The fourth-order valence-electron chi connectivity index (χ4n) is 1.12. The van der Waals surface area contributed by atoms with Gasteiger partial charge < -0.3 is 0 Å². The summed E-state index contributed by atoms with van der Waals surface area (Å²) in [5, 5.41) is 0. The highest BCUT2D eigenvalue weighted by Crippen LogP contribution is 2.28. The highest BCUT2D eigenvalue weighted by atomic mass is 19.3. The summed E-state index contributed by atoms with van der Waals surface area (Å²) < 4.78 is 24.5. The molecule has 3 heteroatoms. The van der Waals surface area contributed by atoms with Gasteiger partial charge in [-0.2, -0.15) is 0 Å². The molecule has 0 amide bonds. The van der Waals surface area contributed by atoms with Gasteiger partial charge in [0.15, 0.2) is 0 Å². The van der Waals surface area contributed by atoms with Crippen LogP contribution in [0, 0.1) is 0 Å². The van der Waals surface area contributed by atoms with Gasteiger partial charge in [-0.15, -0.1) is 0 Å². The van der Waals surface area contributed by atoms with E-state index in [-0.39, 0.29) is 13.1 Å². The first-order valence-corrected chi connectivity index (χ1v) is 5.67. The molecule has 1 atom stereocenters. The average molecular weight is 209 g/mol. The first-order valence-electron chi connectivity index (χ1n) is 5.67. The van der Waals surface area contributed by atoms with E-state index in [1.165, 1.54) is 0 Å². The van der Waals surface area contributed by atoms with E-state index in [9.17, 15) is 8.78 Å².